The van der Waals surface area contributed by atoms with E-state index in [1.165, 1.54) is 17.5 Å². The van der Waals surface area contributed by atoms with E-state index in [0.29, 0.717) is 4.88 Å². The van der Waals surface area contributed by atoms with E-state index >= 15 is 0 Å². The Morgan fingerprint density at radius 1 is 1.25 bits per heavy atom. The van der Waals surface area contributed by atoms with Crippen LogP contribution in [0.2, 0.25) is 0 Å². The van der Waals surface area contributed by atoms with Crippen molar-refractivity contribution >= 4 is 33.0 Å². The molecule has 0 aliphatic rings. The summed E-state index contributed by atoms with van der Waals surface area (Å²) >= 11 is 1.06. The van der Waals surface area contributed by atoms with Crippen molar-refractivity contribution in [2.24, 2.45) is 0 Å². The number of benzene rings is 1. The Labute approximate surface area is 145 Å². The quantitative estimate of drug-likeness (QED) is 0.861. The van der Waals surface area contributed by atoms with Crippen LogP contribution in [-0.2, 0) is 21.2 Å². The molecule has 130 valence electrons. The first-order valence-corrected chi connectivity index (χ1v) is 9.53. The lowest BCUT2D eigenvalue weighted by Gasteiger charge is -2.20. The van der Waals surface area contributed by atoms with E-state index in [1.54, 1.807) is 39.0 Å². The van der Waals surface area contributed by atoms with Crippen molar-refractivity contribution in [3.63, 3.8) is 0 Å². The van der Waals surface area contributed by atoms with Crippen molar-refractivity contribution in [2.75, 3.05) is 5.32 Å². The summed E-state index contributed by atoms with van der Waals surface area (Å²) in [6.45, 7) is 4.72. The molecule has 1 aromatic carbocycles. The predicted octanol–water partition coefficient (Wildman–Crippen LogP) is 3.42. The van der Waals surface area contributed by atoms with Gasteiger partial charge in [0.15, 0.2) is 0 Å². The zero-order valence-electron chi connectivity index (χ0n) is 13.6. The topological polar surface area (TPSA) is 92.7 Å². The molecule has 2 aromatic rings. The average Bonchev–Trinajstić information content (AvgIpc) is 2.89. The largest absolute Gasteiger partial charge is 0.444 e. The van der Waals surface area contributed by atoms with E-state index in [-0.39, 0.29) is 22.1 Å². The lowest BCUT2D eigenvalue weighted by atomic mass is 10.2. The number of amides is 1. The molecule has 0 bridgehead atoms. The van der Waals surface area contributed by atoms with Crippen LogP contribution in [0.4, 0.5) is 10.5 Å². The Morgan fingerprint density at radius 2 is 1.88 bits per heavy atom. The molecule has 0 fully saturated rings. The molecule has 2 N–H and O–H groups in total. The van der Waals surface area contributed by atoms with Gasteiger partial charge in [-0.15, -0.1) is 11.3 Å². The summed E-state index contributed by atoms with van der Waals surface area (Å²) in [5.74, 6) is 0. The summed E-state index contributed by atoms with van der Waals surface area (Å²) in [6.07, 6.45) is -0.778. The number of ether oxygens (including phenoxy) is 1. The highest BCUT2D eigenvalue weighted by atomic mass is 32.2. The number of hydrogen-bond acceptors (Lipinski definition) is 6. The number of aliphatic hydroxyl groups is 1. The van der Waals surface area contributed by atoms with E-state index in [1.807, 2.05) is 0 Å². The molecule has 0 saturated carbocycles. The van der Waals surface area contributed by atoms with E-state index < -0.39 is 21.5 Å². The number of hydrogen-bond donors (Lipinski definition) is 2. The summed E-state index contributed by atoms with van der Waals surface area (Å²) in [6, 6.07) is 7.90. The van der Waals surface area contributed by atoms with Crippen molar-refractivity contribution in [2.45, 2.75) is 42.8 Å². The summed E-state index contributed by atoms with van der Waals surface area (Å²) in [7, 11) is -3.82. The molecule has 0 spiro atoms. The fraction of sp³-hybridized carbons (Fsp3) is 0.312. The average molecular weight is 369 g/mol. The molecule has 0 aliphatic carbocycles. The highest BCUT2D eigenvalue weighted by Gasteiger charge is 2.27. The highest BCUT2D eigenvalue weighted by molar-refractivity contribution is 7.91. The van der Waals surface area contributed by atoms with Gasteiger partial charge in [0, 0.05) is 5.38 Å². The smallest absolute Gasteiger partial charge is 0.412 e. The van der Waals surface area contributed by atoms with Gasteiger partial charge in [-0.3, -0.25) is 5.32 Å². The van der Waals surface area contributed by atoms with E-state index in [4.69, 9.17) is 4.74 Å². The zero-order chi connectivity index (χ0) is 18.0. The highest BCUT2D eigenvalue weighted by Crippen LogP contribution is 2.35. The minimum Gasteiger partial charge on any atom is -0.444 e. The molecule has 2 rings (SSSR count). The van der Waals surface area contributed by atoms with Gasteiger partial charge in [0.1, 0.15) is 10.5 Å². The molecule has 1 heterocycles. The minimum atomic E-state index is -3.82. The van der Waals surface area contributed by atoms with Crippen molar-refractivity contribution in [1.82, 2.24) is 0 Å². The Bertz CT molecular complexity index is 820. The van der Waals surface area contributed by atoms with Gasteiger partial charge in [-0.25, -0.2) is 13.2 Å². The fourth-order valence-electron chi connectivity index (χ4n) is 1.96. The van der Waals surface area contributed by atoms with E-state index in [9.17, 15) is 18.3 Å². The molecule has 24 heavy (non-hydrogen) atoms. The first-order valence-electron chi connectivity index (χ1n) is 7.16. The maximum atomic E-state index is 12.8. The number of nitrogens with one attached hydrogen (secondary N) is 1. The standard InChI is InChI=1S/C16H19NO5S2/c1-16(2,3)22-15(19)17-14-12(9-18)23-10-13(14)24(20,21)11-7-5-4-6-8-11/h4-8,10,18H,9H2,1-3H3,(H,17,19). The van der Waals surface area contributed by atoms with Crippen LogP contribution in [0.1, 0.15) is 25.6 Å². The summed E-state index contributed by atoms with van der Waals surface area (Å²) in [5.41, 5.74) is -0.668. The number of rotatable bonds is 4. The lowest BCUT2D eigenvalue weighted by Crippen LogP contribution is -2.27. The molecule has 0 saturated heterocycles. The maximum Gasteiger partial charge on any atom is 0.412 e. The Kier molecular flexibility index (Phi) is 5.32. The molecular formula is C16H19NO5S2. The third-order valence-corrected chi connectivity index (χ3v) is 5.86. The van der Waals surface area contributed by atoms with Crippen molar-refractivity contribution in [1.29, 1.82) is 0 Å². The van der Waals surface area contributed by atoms with Crippen LogP contribution >= 0.6 is 11.3 Å². The van der Waals surface area contributed by atoms with Crippen LogP contribution in [0.25, 0.3) is 0 Å². The molecule has 1 aromatic heterocycles. The Morgan fingerprint density at radius 3 is 2.42 bits per heavy atom. The molecule has 6 nitrogen and oxygen atoms in total. The van der Waals surface area contributed by atoms with Crippen LogP contribution in [-0.4, -0.2) is 25.2 Å². The monoisotopic (exact) mass is 369 g/mol. The van der Waals surface area contributed by atoms with Crippen molar-refractivity contribution < 1.29 is 23.1 Å². The third-order valence-electron chi connectivity index (χ3n) is 2.95. The van der Waals surface area contributed by atoms with E-state index in [2.05, 4.69) is 5.32 Å². The second kappa shape index (κ2) is 6.92. The SMILES string of the molecule is CC(C)(C)OC(=O)Nc1c(S(=O)(=O)c2ccccc2)csc1CO. The molecule has 1 amide bonds. The maximum absolute atomic E-state index is 12.8. The third kappa shape index (κ3) is 4.14. The molecule has 0 aliphatic heterocycles. The van der Waals surface area contributed by atoms with Crippen LogP contribution in [0.15, 0.2) is 45.5 Å². The number of anilines is 1. The molecule has 0 atom stereocenters. The van der Waals surface area contributed by atoms with Gasteiger partial charge >= 0.3 is 6.09 Å². The van der Waals surface area contributed by atoms with Crippen molar-refractivity contribution in [3.8, 4) is 0 Å². The van der Waals surface area contributed by atoms with Crippen LogP contribution in [0, 0.1) is 0 Å². The second-order valence-electron chi connectivity index (χ2n) is 6.00. The van der Waals surface area contributed by atoms with E-state index in [0.717, 1.165) is 11.3 Å². The fourth-order valence-corrected chi connectivity index (χ4v) is 4.61. The first kappa shape index (κ1) is 18.4. The molecule has 0 unspecified atom stereocenters. The lowest BCUT2D eigenvalue weighted by molar-refractivity contribution is 0.0635. The Hall–Kier alpha value is -1.90. The number of carbonyl (C=O) groups is 1. The Balaban J connectivity index is 2.43. The van der Waals surface area contributed by atoms with Crippen molar-refractivity contribution in [3.05, 3.63) is 40.6 Å². The van der Waals surface area contributed by atoms with Gasteiger partial charge in [0.25, 0.3) is 0 Å². The van der Waals surface area contributed by atoms with Gasteiger partial charge in [-0.2, -0.15) is 0 Å². The van der Waals surface area contributed by atoms with Gasteiger partial charge < -0.3 is 9.84 Å². The van der Waals surface area contributed by atoms with Gasteiger partial charge in [-0.1, -0.05) is 18.2 Å². The first-order chi connectivity index (χ1) is 11.1. The second-order valence-corrected chi connectivity index (χ2v) is 8.88. The number of sulfone groups is 1. The minimum absolute atomic E-state index is 0.0561. The van der Waals surface area contributed by atoms with Gasteiger partial charge in [0.05, 0.1) is 22.1 Å². The molecule has 0 radical (unpaired) electrons. The number of thiophene rings is 1. The van der Waals surface area contributed by atoms with Crippen LogP contribution < -0.4 is 5.32 Å². The summed E-state index contributed by atoms with van der Waals surface area (Å²) in [4.78, 5) is 12.4. The number of carbonyl (C=O) groups excluding carboxylic acids is 1. The number of aliphatic hydroxyl groups excluding tert-OH is 1. The zero-order valence-corrected chi connectivity index (χ0v) is 15.2. The summed E-state index contributed by atoms with van der Waals surface area (Å²) < 4.78 is 30.7. The summed E-state index contributed by atoms with van der Waals surface area (Å²) in [5, 5.41) is 13.3. The molecule has 8 heteroatoms. The molecular weight excluding hydrogens is 350 g/mol. The van der Waals surface area contributed by atoms with Crippen LogP contribution in [0.3, 0.4) is 0 Å². The van der Waals surface area contributed by atoms with Gasteiger partial charge in [-0.05, 0) is 32.9 Å². The predicted molar refractivity (Wildman–Crippen MR) is 92.0 cm³/mol. The van der Waals surface area contributed by atoms with Gasteiger partial charge in [0.2, 0.25) is 9.84 Å². The normalized spacial score (nSPS) is 12.0. The van der Waals surface area contributed by atoms with Crippen LogP contribution in [0.5, 0.6) is 0 Å².